The van der Waals surface area contributed by atoms with E-state index in [9.17, 15) is 13.2 Å². The van der Waals surface area contributed by atoms with Crippen LogP contribution in [0.5, 0.6) is 0 Å². The zero-order valence-corrected chi connectivity index (χ0v) is 18.5. The average molecular weight is 423 g/mol. The van der Waals surface area contributed by atoms with Crippen molar-refractivity contribution in [3.8, 4) is 0 Å². The van der Waals surface area contributed by atoms with E-state index >= 15 is 0 Å². The van der Waals surface area contributed by atoms with Gasteiger partial charge in [-0.1, -0.05) is 0 Å². The molecule has 1 aliphatic heterocycles. The summed E-state index contributed by atoms with van der Waals surface area (Å²) in [5, 5.41) is 11.5. The fourth-order valence-corrected chi connectivity index (χ4v) is 5.22. The summed E-state index contributed by atoms with van der Waals surface area (Å²) in [6.45, 7) is 9.11. The number of hydrogen-bond donors (Lipinski definition) is 1. The van der Waals surface area contributed by atoms with Gasteiger partial charge in [-0.15, -0.1) is 0 Å². The van der Waals surface area contributed by atoms with Gasteiger partial charge >= 0.3 is 0 Å². The van der Waals surface area contributed by atoms with Crippen LogP contribution in [0.4, 0.5) is 0 Å². The monoisotopic (exact) mass is 422 g/mol. The second-order valence-electron chi connectivity index (χ2n) is 7.89. The lowest BCUT2D eigenvalue weighted by atomic mass is 9.99. The van der Waals surface area contributed by atoms with Gasteiger partial charge in [0.2, 0.25) is 15.9 Å². The normalized spacial score (nSPS) is 19.3. The minimum Gasteiger partial charge on any atom is -0.354 e. The van der Waals surface area contributed by atoms with Gasteiger partial charge < -0.3 is 5.32 Å². The van der Waals surface area contributed by atoms with E-state index in [0.29, 0.717) is 25.9 Å². The van der Waals surface area contributed by atoms with E-state index in [1.54, 1.807) is 7.05 Å². The van der Waals surface area contributed by atoms with E-state index in [1.807, 2.05) is 32.4 Å². The Labute approximate surface area is 172 Å². The van der Waals surface area contributed by atoms with E-state index in [0.717, 1.165) is 17.0 Å². The van der Waals surface area contributed by atoms with Crippen molar-refractivity contribution in [1.82, 2.24) is 29.2 Å². The highest BCUT2D eigenvalue weighted by Crippen LogP contribution is 2.24. The van der Waals surface area contributed by atoms with Gasteiger partial charge in [0.15, 0.2) is 0 Å². The molecule has 0 unspecified atom stereocenters. The number of piperidine rings is 1. The van der Waals surface area contributed by atoms with Crippen LogP contribution in [0.3, 0.4) is 0 Å². The number of carbonyl (C=O) groups excluding carboxylic acids is 1. The van der Waals surface area contributed by atoms with Crippen molar-refractivity contribution in [3.05, 3.63) is 29.3 Å². The van der Waals surface area contributed by atoms with Crippen LogP contribution in [-0.2, 0) is 21.9 Å². The molecule has 0 saturated carbocycles. The molecule has 1 amide bonds. The maximum atomic E-state index is 12.8. The van der Waals surface area contributed by atoms with Gasteiger partial charge in [0.1, 0.15) is 4.90 Å². The molecular weight excluding hydrogens is 392 g/mol. The van der Waals surface area contributed by atoms with E-state index in [4.69, 9.17) is 0 Å². The predicted octanol–water partition coefficient (Wildman–Crippen LogP) is 1.32. The molecule has 2 aromatic heterocycles. The summed E-state index contributed by atoms with van der Waals surface area (Å²) in [5.74, 6) is -0.467. The summed E-state index contributed by atoms with van der Waals surface area (Å²) in [4.78, 5) is 12.9. The second kappa shape index (κ2) is 8.27. The minimum atomic E-state index is -3.63. The maximum Gasteiger partial charge on any atom is 0.246 e. The molecule has 10 heteroatoms. The highest BCUT2D eigenvalue weighted by Gasteiger charge is 2.34. The van der Waals surface area contributed by atoms with Crippen molar-refractivity contribution in [1.29, 1.82) is 0 Å². The van der Waals surface area contributed by atoms with Crippen LogP contribution in [0.15, 0.2) is 17.3 Å². The smallest absolute Gasteiger partial charge is 0.246 e. The van der Waals surface area contributed by atoms with Gasteiger partial charge in [0, 0.05) is 38.6 Å². The third kappa shape index (κ3) is 4.37. The lowest BCUT2D eigenvalue weighted by molar-refractivity contribution is -0.126. The Morgan fingerprint density at radius 3 is 2.66 bits per heavy atom. The molecule has 1 N–H and O–H groups in total. The molecule has 3 heterocycles. The van der Waals surface area contributed by atoms with Gasteiger partial charge in [-0.2, -0.15) is 14.5 Å². The first kappa shape index (κ1) is 21.5. The Morgan fingerprint density at radius 2 is 2.07 bits per heavy atom. The van der Waals surface area contributed by atoms with E-state index in [1.165, 1.54) is 21.4 Å². The molecule has 2 aromatic rings. The summed E-state index contributed by atoms with van der Waals surface area (Å²) in [7, 11) is -1.96. The molecule has 0 radical (unpaired) electrons. The summed E-state index contributed by atoms with van der Waals surface area (Å²) < 4.78 is 30.4. The Morgan fingerprint density at radius 1 is 1.34 bits per heavy atom. The summed E-state index contributed by atoms with van der Waals surface area (Å²) >= 11 is 0. The SMILES string of the molecule is Cc1nn([C@H](C)CNC(=O)[C@@H]2CCCN(S(=O)(=O)c3cnn(C)c3)C2)c(C)c1C. The van der Waals surface area contributed by atoms with Crippen molar-refractivity contribution in [2.75, 3.05) is 19.6 Å². The van der Waals surface area contributed by atoms with Crippen LogP contribution in [-0.4, -0.2) is 57.8 Å². The standard InChI is InChI=1S/C19H30N6O3S/c1-13(25-16(4)14(2)15(3)22-25)9-20-19(26)17-7-6-8-24(11-17)29(27,28)18-10-21-23(5)12-18/h10,12-13,17H,6-9,11H2,1-5H3,(H,20,26)/t13-,17-/m1/s1. The summed E-state index contributed by atoms with van der Waals surface area (Å²) in [6.07, 6.45) is 4.16. The number of aryl methyl sites for hydroxylation is 2. The zero-order chi connectivity index (χ0) is 21.3. The van der Waals surface area contributed by atoms with E-state index in [2.05, 4.69) is 15.5 Å². The molecule has 0 aliphatic carbocycles. The van der Waals surface area contributed by atoms with Crippen molar-refractivity contribution >= 4 is 15.9 Å². The molecule has 0 spiro atoms. The number of rotatable bonds is 6. The first-order valence-electron chi connectivity index (χ1n) is 9.90. The quantitative estimate of drug-likeness (QED) is 0.756. The highest BCUT2D eigenvalue weighted by atomic mass is 32.2. The Kier molecular flexibility index (Phi) is 6.13. The van der Waals surface area contributed by atoms with Gasteiger partial charge in [-0.25, -0.2) is 8.42 Å². The molecule has 160 valence electrons. The fraction of sp³-hybridized carbons (Fsp3) is 0.632. The van der Waals surface area contributed by atoms with Crippen LogP contribution < -0.4 is 5.32 Å². The molecule has 0 bridgehead atoms. The van der Waals surface area contributed by atoms with Crippen LogP contribution in [0.1, 0.15) is 42.8 Å². The number of amides is 1. The third-order valence-electron chi connectivity index (χ3n) is 5.75. The zero-order valence-electron chi connectivity index (χ0n) is 17.7. The number of sulfonamides is 1. The second-order valence-corrected chi connectivity index (χ2v) is 9.82. The van der Waals surface area contributed by atoms with Crippen LogP contribution >= 0.6 is 0 Å². The number of carbonyl (C=O) groups is 1. The first-order valence-corrected chi connectivity index (χ1v) is 11.3. The molecule has 1 fully saturated rings. The van der Waals surface area contributed by atoms with Gasteiger partial charge in [0.25, 0.3) is 0 Å². The van der Waals surface area contributed by atoms with Crippen LogP contribution in [0.2, 0.25) is 0 Å². The fourth-order valence-electron chi connectivity index (χ4n) is 3.71. The lowest BCUT2D eigenvalue weighted by Crippen LogP contribution is -2.46. The lowest BCUT2D eigenvalue weighted by Gasteiger charge is -2.31. The molecule has 1 aliphatic rings. The topological polar surface area (TPSA) is 102 Å². The highest BCUT2D eigenvalue weighted by molar-refractivity contribution is 7.89. The van der Waals surface area contributed by atoms with Crippen molar-refractivity contribution < 1.29 is 13.2 Å². The molecule has 1 saturated heterocycles. The van der Waals surface area contributed by atoms with Crippen LogP contribution in [0, 0.1) is 26.7 Å². The van der Waals surface area contributed by atoms with Gasteiger partial charge in [0.05, 0.1) is 23.9 Å². The molecular formula is C19H30N6O3S. The van der Waals surface area contributed by atoms with E-state index < -0.39 is 10.0 Å². The number of nitrogens with one attached hydrogen (secondary N) is 1. The number of nitrogens with zero attached hydrogens (tertiary/aromatic N) is 5. The van der Waals surface area contributed by atoms with Crippen molar-refractivity contribution in [2.24, 2.45) is 13.0 Å². The Bertz CT molecular complexity index is 994. The Hall–Kier alpha value is -2.20. The summed E-state index contributed by atoms with van der Waals surface area (Å²) in [5.41, 5.74) is 3.24. The average Bonchev–Trinajstić information content (AvgIpc) is 3.25. The van der Waals surface area contributed by atoms with Crippen molar-refractivity contribution in [2.45, 2.75) is 51.5 Å². The number of aromatic nitrogens is 4. The number of hydrogen-bond acceptors (Lipinski definition) is 5. The largest absolute Gasteiger partial charge is 0.354 e. The molecule has 0 aromatic carbocycles. The third-order valence-corrected chi connectivity index (χ3v) is 7.57. The molecule has 29 heavy (non-hydrogen) atoms. The van der Waals surface area contributed by atoms with Crippen LogP contribution in [0.25, 0.3) is 0 Å². The Balaban J connectivity index is 1.61. The molecule has 2 atom stereocenters. The minimum absolute atomic E-state index is 0.0187. The first-order chi connectivity index (χ1) is 13.6. The predicted molar refractivity (Wildman–Crippen MR) is 109 cm³/mol. The molecule has 9 nitrogen and oxygen atoms in total. The van der Waals surface area contributed by atoms with E-state index in [-0.39, 0.29) is 29.3 Å². The van der Waals surface area contributed by atoms with Crippen molar-refractivity contribution in [3.63, 3.8) is 0 Å². The van der Waals surface area contributed by atoms with Gasteiger partial charge in [-0.05, 0) is 46.1 Å². The summed E-state index contributed by atoms with van der Waals surface area (Å²) in [6, 6.07) is 0.0187. The van der Waals surface area contributed by atoms with Gasteiger partial charge in [-0.3, -0.25) is 14.2 Å². The maximum absolute atomic E-state index is 12.8. The molecule has 3 rings (SSSR count).